The van der Waals surface area contributed by atoms with Gasteiger partial charge in [0.2, 0.25) is 0 Å². The first-order valence-electron chi connectivity index (χ1n) is 8.68. The summed E-state index contributed by atoms with van der Waals surface area (Å²) in [6.07, 6.45) is 0. The molecule has 27 heavy (non-hydrogen) atoms. The maximum Gasteiger partial charge on any atom is 0.314 e. The van der Waals surface area contributed by atoms with Crippen molar-refractivity contribution >= 4 is 29.2 Å². The molecule has 0 saturated carbocycles. The number of aryl methyl sites for hydroxylation is 1. The predicted octanol–water partition coefficient (Wildman–Crippen LogP) is 4.58. The summed E-state index contributed by atoms with van der Waals surface area (Å²) in [6.45, 7) is 5.40. The minimum absolute atomic E-state index is 0.0126. The molecule has 144 valence electrons. The topological polar surface area (TPSA) is 64.6 Å². The van der Waals surface area contributed by atoms with Crippen molar-refractivity contribution in [1.29, 1.82) is 0 Å². The fraction of sp³-hybridized carbons (Fsp3) is 0.333. The molecule has 1 atom stereocenters. The average molecular weight is 390 g/mol. The Morgan fingerprint density at radius 3 is 2.37 bits per heavy atom. The van der Waals surface area contributed by atoms with E-state index in [2.05, 4.69) is 5.32 Å². The molecule has 0 radical (unpaired) electrons. The largest absolute Gasteiger partial charge is 0.495 e. The highest BCUT2D eigenvalue weighted by molar-refractivity contribution is 6.30. The second kappa shape index (κ2) is 9.42. The van der Waals surface area contributed by atoms with Crippen LogP contribution in [0.15, 0.2) is 42.5 Å². The number of carbonyl (C=O) groups excluding carboxylic acids is 2. The molecule has 0 saturated heterocycles. The van der Waals surface area contributed by atoms with Crippen LogP contribution < -0.4 is 10.1 Å². The molecule has 0 aromatic heterocycles. The van der Waals surface area contributed by atoms with Crippen LogP contribution in [0.3, 0.4) is 0 Å². The molecule has 2 rings (SSSR count). The van der Waals surface area contributed by atoms with Gasteiger partial charge in [0.05, 0.1) is 18.7 Å². The molecule has 1 amide bonds. The first kappa shape index (κ1) is 20.8. The lowest BCUT2D eigenvalue weighted by Crippen LogP contribution is -2.26. The Balaban J connectivity index is 2.01. The van der Waals surface area contributed by atoms with E-state index < -0.39 is 17.8 Å². The van der Waals surface area contributed by atoms with Crippen LogP contribution >= 0.6 is 11.6 Å². The van der Waals surface area contributed by atoms with Gasteiger partial charge in [-0.1, -0.05) is 43.6 Å². The van der Waals surface area contributed by atoms with E-state index in [9.17, 15) is 9.59 Å². The summed E-state index contributed by atoms with van der Waals surface area (Å²) in [5.74, 6) is -0.784. The molecule has 0 bridgehead atoms. The van der Waals surface area contributed by atoms with Gasteiger partial charge >= 0.3 is 5.97 Å². The summed E-state index contributed by atoms with van der Waals surface area (Å²) < 4.78 is 10.5. The van der Waals surface area contributed by atoms with Gasteiger partial charge in [0.15, 0.2) is 6.61 Å². The van der Waals surface area contributed by atoms with Crippen molar-refractivity contribution in [3.63, 3.8) is 0 Å². The Morgan fingerprint density at radius 2 is 1.78 bits per heavy atom. The fourth-order valence-corrected chi connectivity index (χ4v) is 2.92. The third-order valence-corrected chi connectivity index (χ3v) is 4.38. The average Bonchev–Trinajstić information content (AvgIpc) is 2.62. The zero-order valence-electron chi connectivity index (χ0n) is 15.9. The normalized spacial score (nSPS) is 11.8. The maximum atomic E-state index is 12.5. The number of carbonyl (C=O) groups is 2. The van der Waals surface area contributed by atoms with Crippen LogP contribution in [0.2, 0.25) is 5.02 Å². The van der Waals surface area contributed by atoms with E-state index in [0.717, 1.165) is 11.1 Å². The van der Waals surface area contributed by atoms with Gasteiger partial charge in [0, 0.05) is 5.02 Å². The van der Waals surface area contributed by atoms with E-state index in [0.29, 0.717) is 16.5 Å². The van der Waals surface area contributed by atoms with Gasteiger partial charge in [-0.25, -0.2) is 0 Å². The van der Waals surface area contributed by atoms with Crippen LogP contribution in [0.25, 0.3) is 0 Å². The van der Waals surface area contributed by atoms with Crippen LogP contribution in [0, 0.1) is 12.8 Å². The zero-order valence-corrected chi connectivity index (χ0v) is 16.7. The second-order valence-electron chi connectivity index (χ2n) is 6.63. The number of hydrogen-bond acceptors (Lipinski definition) is 4. The van der Waals surface area contributed by atoms with Crippen molar-refractivity contribution in [3.05, 3.63) is 58.6 Å². The first-order valence-corrected chi connectivity index (χ1v) is 9.06. The van der Waals surface area contributed by atoms with Crippen molar-refractivity contribution in [2.45, 2.75) is 26.7 Å². The Morgan fingerprint density at radius 1 is 1.11 bits per heavy atom. The van der Waals surface area contributed by atoms with Gasteiger partial charge in [-0.15, -0.1) is 0 Å². The quantitative estimate of drug-likeness (QED) is 0.704. The number of hydrogen-bond donors (Lipinski definition) is 1. The monoisotopic (exact) mass is 389 g/mol. The van der Waals surface area contributed by atoms with Gasteiger partial charge in [0.1, 0.15) is 5.75 Å². The fourth-order valence-electron chi connectivity index (χ4n) is 2.80. The number of esters is 1. The molecule has 2 aromatic carbocycles. The number of nitrogens with one attached hydrogen (secondary N) is 1. The second-order valence-corrected chi connectivity index (χ2v) is 7.07. The molecule has 0 aliphatic carbocycles. The summed E-state index contributed by atoms with van der Waals surface area (Å²) >= 11 is 5.91. The van der Waals surface area contributed by atoms with Crippen LogP contribution in [0.4, 0.5) is 5.69 Å². The smallest absolute Gasteiger partial charge is 0.314 e. The Hall–Kier alpha value is -2.53. The van der Waals surface area contributed by atoms with Gasteiger partial charge < -0.3 is 14.8 Å². The summed E-state index contributed by atoms with van der Waals surface area (Å²) in [5, 5.41) is 3.31. The van der Waals surface area contributed by atoms with Crippen LogP contribution in [-0.4, -0.2) is 25.6 Å². The highest BCUT2D eigenvalue weighted by Crippen LogP contribution is 2.28. The van der Waals surface area contributed by atoms with Crippen molar-refractivity contribution in [1.82, 2.24) is 0 Å². The minimum Gasteiger partial charge on any atom is -0.495 e. The third kappa shape index (κ3) is 5.73. The molecule has 0 fully saturated rings. The first-order chi connectivity index (χ1) is 12.8. The molecule has 2 aromatic rings. The molecule has 0 heterocycles. The SMILES string of the molecule is COc1ccc(C)cc1NC(=O)COC(=O)[C@H](c1ccc(Cl)cc1)C(C)C. The summed E-state index contributed by atoms with van der Waals surface area (Å²) in [7, 11) is 1.53. The van der Waals surface area contributed by atoms with Gasteiger partial charge in [-0.3, -0.25) is 9.59 Å². The predicted molar refractivity (Wildman–Crippen MR) is 106 cm³/mol. The molecular weight excluding hydrogens is 366 g/mol. The summed E-state index contributed by atoms with van der Waals surface area (Å²) in [4.78, 5) is 24.8. The zero-order chi connectivity index (χ0) is 20.0. The molecule has 0 spiro atoms. The lowest BCUT2D eigenvalue weighted by molar-refractivity contribution is -0.149. The summed E-state index contributed by atoms with van der Waals surface area (Å²) in [5.41, 5.74) is 2.32. The lowest BCUT2D eigenvalue weighted by atomic mass is 9.88. The van der Waals surface area contributed by atoms with Crippen molar-refractivity contribution < 1.29 is 19.1 Å². The van der Waals surface area contributed by atoms with Crippen molar-refractivity contribution in [3.8, 4) is 5.75 Å². The van der Waals surface area contributed by atoms with Crippen molar-refractivity contribution in [2.24, 2.45) is 5.92 Å². The molecule has 1 N–H and O–H groups in total. The Bertz CT molecular complexity index is 802. The maximum absolute atomic E-state index is 12.5. The molecule has 0 unspecified atom stereocenters. The molecule has 6 heteroatoms. The summed E-state index contributed by atoms with van der Waals surface area (Å²) in [6, 6.07) is 12.5. The highest BCUT2D eigenvalue weighted by Gasteiger charge is 2.26. The molecular formula is C21H24ClNO4. The Labute approximate surface area is 164 Å². The number of rotatable bonds is 7. The number of benzene rings is 2. The number of ether oxygens (including phenoxy) is 2. The lowest BCUT2D eigenvalue weighted by Gasteiger charge is -2.20. The van der Waals surface area contributed by atoms with Crippen LogP contribution in [-0.2, 0) is 14.3 Å². The van der Waals surface area contributed by atoms with E-state index in [1.165, 1.54) is 7.11 Å². The van der Waals surface area contributed by atoms with Gasteiger partial charge in [-0.05, 0) is 48.2 Å². The van der Waals surface area contributed by atoms with E-state index in [-0.39, 0.29) is 12.5 Å². The number of anilines is 1. The van der Waals surface area contributed by atoms with Crippen LogP contribution in [0.5, 0.6) is 5.75 Å². The number of amides is 1. The van der Waals surface area contributed by atoms with E-state index in [1.54, 1.807) is 36.4 Å². The standard InChI is InChI=1S/C21H24ClNO4/c1-13(2)20(15-6-8-16(22)9-7-15)21(25)27-12-19(24)23-17-11-14(3)5-10-18(17)26-4/h5-11,13,20H,12H2,1-4H3,(H,23,24)/t20-/m0/s1. The molecule has 0 aliphatic rings. The molecule has 5 nitrogen and oxygen atoms in total. The number of methoxy groups -OCH3 is 1. The van der Waals surface area contributed by atoms with Gasteiger partial charge in [0.25, 0.3) is 5.91 Å². The van der Waals surface area contributed by atoms with E-state index in [1.807, 2.05) is 26.8 Å². The minimum atomic E-state index is -0.469. The highest BCUT2D eigenvalue weighted by atomic mass is 35.5. The molecule has 0 aliphatic heterocycles. The van der Waals surface area contributed by atoms with Crippen LogP contribution in [0.1, 0.15) is 30.9 Å². The third-order valence-electron chi connectivity index (χ3n) is 4.12. The Kier molecular flexibility index (Phi) is 7.25. The van der Waals surface area contributed by atoms with Crippen molar-refractivity contribution in [2.75, 3.05) is 19.0 Å². The van der Waals surface area contributed by atoms with Gasteiger partial charge in [-0.2, -0.15) is 0 Å². The number of halogens is 1. The van der Waals surface area contributed by atoms with E-state index >= 15 is 0 Å². The van der Waals surface area contributed by atoms with E-state index in [4.69, 9.17) is 21.1 Å².